The number of aliphatic hydroxyl groups is 1. The second-order valence-electron chi connectivity index (χ2n) is 5.10. The maximum absolute atomic E-state index is 11.0. The van der Waals surface area contributed by atoms with Gasteiger partial charge in [-0.05, 0) is 49.1 Å². The number of hydrogen-bond donors (Lipinski definition) is 4. The van der Waals surface area contributed by atoms with Crippen molar-refractivity contribution < 1.29 is 24.6 Å². The summed E-state index contributed by atoms with van der Waals surface area (Å²) in [7, 11) is -4.53. The summed E-state index contributed by atoms with van der Waals surface area (Å²) in [6.07, 6.45) is 6.37. The van der Waals surface area contributed by atoms with Gasteiger partial charge in [0.2, 0.25) is 0 Å². The third-order valence-corrected chi connectivity index (χ3v) is 3.85. The third kappa shape index (κ3) is 4.84. The molecule has 1 atom stereocenters. The fourth-order valence-electron chi connectivity index (χ4n) is 2.40. The molecule has 0 saturated heterocycles. The zero-order valence-electron chi connectivity index (χ0n) is 11.8. The number of hydrogen-bond acceptors (Lipinski definition) is 3. The SMILES string of the molecule is O=P(O)(O)N=C1C=CC=C(O)C1CCCc1cccc(O)c1. The molecular formula is C15H18NO5P. The van der Waals surface area contributed by atoms with Crippen molar-refractivity contribution in [1.29, 1.82) is 0 Å². The second kappa shape index (κ2) is 6.92. The number of aliphatic hydroxyl groups excluding tert-OH is 1. The van der Waals surface area contributed by atoms with Crippen molar-refractivity contribution in [2.45, 2.75) is 19.3 Å². The molecule has 1 aromatic carbocycles. The summed E-state index contributed by atoms with van der Waals surface area (Å²) in [6, 6.07) is 6.91. The molecule has 1 aliphatic rings. The van der Waals surface area contributed by atoms with Gasteiger partial charge in [-0.15, -0.1) is 0 Å². The molecule has 0 heterocycles. The average Bonchev–Trinajstić information content (AvgIpc) is 2.40. The van der Waals surface area contributed by atoms with Crippen LogP contribution in [0.4, 0.5) is 0 Å². The van der Waals surface area contributed by atoms with Crippen LogP contribution < -0.4 is 0 Å². The lowest BCUT2D eigenvalue weighted by atomic mass is 9.90. The van der Waals surface area contributed by atoms with Gasteiger partial charge in [-0.2, -0.15) is 4.76 Å². The van der Waals surface area contributed by atoms with E-state index >= 15 is 0 Å². The molecule has 0 aromatic heterocycles. The summed E-state index contributed by atoms with van der Waals surface area (Å²) in [4.78, 5) is 17.9. The van der Waals surface area contributed by atoms with Crippen LogP contribution in [0.1, 0.15) is 18.4 Å². The largest absolute Gasteiger partial charge is 0.512 e. The Morgan fingerprint density at radius 1 is 1.23 bits per heavy atom. The van der Waals surface area contributed by atoms with E-state index in [9.17, 15) is 14.8 Å². The first kappa shape index (κ1) is 16.5. The fraction of sp³-hybridized carbons (Fsp3) is 0.267. The number of nitrogens with zero attached hydrogens (tertiary/aromatic N) is 1. The lowest BCUT2D eigenvalue weighted by molar-refractivity contribution is 0.352. The molecule has 2 rings (SSSR count). The number of benzene rings is 1. The minimum Gasteiger partial charge on any atom is -0.512 e. The summed E-state index contributed by atoms with van der Waals surface area (Å²) in [5.74, 6) is -0.273. The van der Waals surface area contributed by atoms with Gasteiger partial charge in [-0.25, -0.2) is 4.57 Å². The van der Waals surface area contributed by atoms with Crippen LogP contribution in [-0.4, -0.2) is 25.7 Å². The smallest absolute Gasteiger partial charge is 0.448 e. The lowest BCUT2D eigenvalue weighted by Crippen LogP contribution is -2.18. The van der Waals surface area contributed by atoms with Crippen LogP contribution in [0.15, 0.2) is 53.0 Å². The maximum atomic E-state index is 11.0. The molecule has 7 heteroatoms. The van der Waals surface area contributed by atoms with Crippen molar-refractivity contribution in [3.63, 3.8) is 0 Å². The van der Waals surface area contributed by atoms with Crippen molar-refractivity contribution in [3.05, 3.63) is 53.8 Å². The van der Waals surface area contributed by atoms with Gasteiger partial charge in [0.25, 0.3) is 0 Å². The van der Waals surface area contributed by atoms with E-state index in [4.69, 9.17) is 9.79 Å². The van der Waals surface area contributed by atoms with E-state index in [1.54, 1.807) is 18.2 Å². The minimum atomic E-state index is -4.53. The molecule has 0 spiro atoms. The van der Waals surface area contributed by atoms with Gasteiger partial charge < -0.3 is 20.0 Å². The lowest BCUT2D eigenvalue weighted by Gasteiger charge is -2.19. The Balaban J connectivity index is 2.03. The normalized spacial score (nSPS) is 20.2. The van der Waals surface area contributed by atoms with E-state index < -0.39 is 13.7 Å². The van der Waals surface area contributed by atoms with Gasteiger partial charge >= 0.3 is 7.75 Å². The summed E-state index contributed by atoms with van der Waals surface area (Å²) < 4.78 is 14.4. The van der Waals surface area contributed by atoms with E-state index in [0.717, 1.165) is 5.56 Å². The summed E-state index contributed by atoms with van der Waals surface area (Å²) in [5, 5.41) is 19.3. The molecule has 1 aliphatic carbocycles. The Bertz CT molecular complexity index is 674. The second-order valence-corrected chi connectivity index (χ2v) is 6.33. The van der Waals surface area contributed by atoms with E-state index in [2.05, 4.69) is 4.76 Å². The number of aryl methyl sites for hydroxylation is 1. The third-order valence-electron chi connectivity index (χ3n) is 3.36. The Hall–Kier alpha value is -1.88. The van der Waals surface area contributed by atoms with Gasteiger partial charge in [0.1, 0.15) is 11.5 Å². The van der Waals surface area contributed by atoms with Crippen molar-refractivity contribution in [1.82, 2.24) is 0 Å². The van der Waals surface area contributed by atoms with Crippen LogP contribution >= 0.6 is 7.75 Å². The van der Waals surface area contributed by atoms with Crippen LogP contribution in [0.2, 0.25) is 0 Å². The Labute approximate surface area is 128 Å². The Morgan fingerprint density at radius 2 is 2.00 bits per heavy atom. The number of allylic oxidation sites excluding steroid dienone is 4. The minimum absolute atomic E-state index is 0.0469. The highest BCUT2D eigenvalue weighted by Gasteiger charge is 2.24. The first-order chi connectivity index (χ1) is 10.3. The molecule has 0 saturated carbocycles. The van der Waals surface area contributed by atoms with Gasteiger partial charge in [0, 0.05) is 0 Å². The highest BCUT2D eigenvalue weighted by Crippen LogP contribution is 2.38. The topological polar surface area (TPSA) is 110 Å². The number of aromatic hydroxyl groups is 1. The zero-order chi connectivity index (χ0) is 16.2. The number of rotatable bonds is 5. The van der Waals surface area contributed by atoms with Crippen molar-refractivity contribution in [2.24, 2.45) is 10.7 Å². The zero-order valence-corrected chi connectivity index (χ0v) is 12.7. The number of phenols is 1. The quantitative estimate of drug-likeness (QED) is 0.623. The van der Waals surface area contributed by atoms with Gasteiger partial charge in [-0.3, -0.25) is 0 Å². The Morgan fingerprint density at radius 3 is 2.68 bits per heavy atom. The van der Waals surface area contributed by atoms with Crippen molar-refractivity contribution >= 4 is 13.5 Å². The van der Waals surface area contributed by atoms with E-state index in [1.807, 2.05) is 6.07 Å². The molecule has 0 aliphatic heterocycles. The monoisotopic (exact) mass is 323 g/mol. The molecule has 0 radical (unpaired) electrons. The predicted molar refractivity (Wildman–Crippen MR) is 83.9 cm³/mol. The molecule has 0 bridgehead atoms. The molecular weight excluding hydrogens is 305 g/mol. The van der Waals surface area contributed by atoms with Crippen LogP contribution in [0.5, 0.6) is 5.75 Å². The number of phenolic OH excluding ortho intramolecular Hbond substituents is 1. The molecule has 1 aromatic rings. The summed E-state index contributed by atoms with van der Waals surface area (Å²) >= 11 is 0. The van der Waals surface area contributed by atoms with E-state index in [0.29, 0.717) is 19.3 Å². The molecule has 22 heavy (non-hydrogen) atoms. The standard InChI is InChI=1S/C15H18NO5P/c17-12-6-1-4-11(10-12)5-2-7-13-14(16-22(19,20)21)8-3-9-15(13)18/h1,3-4,6,8-10,13,17-18H,2,5,7H2,(H2,19,20,21). The first-order valence-corrected chi connectivity index (χ1v) is 8.42. The van der Waals surface area contributed by atoms with Crippen molar-refractivity contribution in [3.8, 4) is 5.75 Å². The summed E-state index contributed by atoms with van der Waals surface area (Å²) in [5.41, 5.74) is 1.15. The van der Waals surface area contributed by atoms with Gasteiger partial charge in [-0.1, -0.05) is 18.2 Å². The van der Waals surface area contributed by atoms with Gasteiger partial charge in [0.15, 0.2) is 0 Å². The van der Waals surface area contributed by atoms with Gasteiger partial charge in [0.05, 0.1) is 11.6 Å². The average molecular weight is 323 g/mol. The van der Waals surface area contributed by atoms with Crippen LogP contribution in [0.25, 0.3) is 0 Å². The van der Waals surface area contributed by atoms with Crippen LogP contribution in [0.3, 0.4) is 0 Å². The highest BCUT2D eigenvalue weighted by molar-refractivity contribution is 7.50. The molecule has 6 nitrogen and oxygen atoms in total. The predicted octanol–water partition coefficient (Wildman–Crippen LogP) is 2.88. The molecule has 118 valence electrons. The highest BCUT2D eigenvalue weighted by atomic mass is 31.2. The molecule has 0 fully saturated rings. The maximum Gasteiger partial charge on any atom is 0.448 e. The van der Waals surface area contributed by atoms with Crippen molar-refractivity contribution in [2.75, 3.05) is 0 Å². The van der Waals surface area contributed by atoms with Crippen LogP contribution in [0, 0.1) is 5.92 Å². The molecule has 0 amide bonds. The molecule has 4 N–H and O–H groups in total. The molecule has 1 unspecified atom stereocenters. The first-order valence-electron chi connectivity index (χ1n) is 6.86. The summed E-state index contributed by atoms with van der Waals surface area (Å²) in [6.45, 7) is 0. The fourth-order valence-corrected chi connectivity index (χ4v) is 2.91. The van der Waals surface area contributed by atoms with E-state index in [1.165, 1.54) is 18.2 Å². The van der Waals surface area contributed by atoms with Crippen LogP contribution in [-0.2, 0) is 11.0 Å². The Kier molecular flexibility index (Phi) is 5.19. The van der Waals surface area contributed by atoms with E-state index in [-0.39, 0.29) is 17.2 Å².